The Morgan fingerprint density at radius 3 is 2.76 bits per heavy atom. The van der Waals surface area contributed by atoms with Crippen molar-refractivity contribution in [3.63, 3.8) is 0 Å². The van der Waals surface area contributed by atoms with Crippen LogP contribution in [0.4, 0.5) is 0 Å². The van der Waals surface area contributed by atoms with Crippen molar-refractivity contribution in [1.29, 1.82) is 0 Å². The van der Waals surface area contributed by atoms with Gasteiger partial charge in [0.15, 0.2) is 5.69 Å². The first-order chi connectivity index (χ1) is 12.3. The molecule has 1 aliphatic heterocycles. The van der Waals surface area contributed by atoms with Crippen LogP contribution in [-0.4, -0.2) is 29.3 Å². The van der Waals surface area contributed by atoms with E-state index in [1.165, 1.54) is 4.88 Å². The second-order valence-electron chi connectivity index (χ2n) is 6.06. The first kappa shape index (κ1) is 16.5. The van der Waals surface area contributed by atoms with E-state index in [2.05, 4.69) is 27.0 Å². The van der Waals surface area contributed by atoms with Crippen LogP contribution in [-0.2, 0) is 4.74 Å². The molecule has 0 spiro atoms. The Morgan fingerprint density at radius 2 is 2.04 bits per heavy atom. The molecule has 1 atom stereocenters. The summed E-state index contributed by atoms with van der Waals surface area (Å²) in [5.41, 5.74) is 1.30. The SMILES string of the molecule is O=C(N[C@@H](c1cccs1)C1CCOCC1)c1cc(-c2cccs2)[nH]n1. The van der Waals surface area contributed by atoms with Gasteiger partial charge in [0.05, 0.1) is 16.6 Å². The molecule has 1 aliphatic rings. The highest BCUT2D eigenvalue weighted by molar-refractivity contribution is 7.13. The van der Waals surface area contributed by atoms with E-state index < -0.39 is 0 Å². The fourth-order valence-corrected chi connectivity index (χ4v) is 4.71. The molecule has 7 heteroatoms. The number of amides is 1. The number of thiophene rings is 2. The molecule has 3 aromatic heterocycles. The Hall–Kier alpha value is -1.96. The molecule has 1 saturated heterocycles. The molecule has 0 saturated carbocycles. The summed E-state index contributed by atoms with van der Waals surface area (Å²) in [6.45, 7) is 1.51. The molecular formula is C18H19N3O2S2. The van der Waals surface area contributed by atoms with E-state index in [0.717, 1.165) is 36.6 Å². The van der Waals surface area contributed by atoms with Crippen molar-refractivity contribution in [2.45, 2.75) is 18.9 Å². The highest BCUT2D eigenvalue weighted by atomic mass is 32.1. The minimum absolute atomic E-state index is 0.0123. The first-order valence-corrected chi connectivity index (χ1v) is 10.1. The van der Waals surface area contributed by atoms with Gasteiger partial charge in [0.1, 0.15) is 0 Å². The van der Waals surface area contributed by atoms with Crippen LogP contribution < -0.4 is 5.32 Å². The predicted molar refractivity (Wildman–Crippen MR) is 100.0 cm³/mol. The van der Waals surface area contributed by atoms with Gasteiger partial charge in [0.25, 0.3) is 5.91 Å². The van der Waals surface area contributed by atoms with E-state index in [1.807, 2.05) is 29.6 Å². The van der Waals surface area contributed by atoms with E-state index >= 15 is 0 Å². The molecule has 2 N–H and O–H groups in total. The second-order valence-corrected chi connectivity index (χ2v) is 7.99. The third kappa shape index (κ3) is 3.68. The Balaban J connectivity index is 1.52. The third-order valence-corrected chi connectivity index (χ3v) is 6.33. The largest absolute Gasteiger partial charge is 0.381 e. The summed E-state index contributed by atoms with van der Waals surface area (Å²) >= 11 is 3.30. The van der Waals surface area contributed by atoms with Crippen LogP contribution in [0.15, 0.2) is 41.1 Å². The van der Waals surface area contributed by atoms with Gasteiger partial charge >= 0.3 is 0 Å². The molecule has 0 bridgehead atoms. The number of carbonyl (C=O) groups is 1. The van der Waals surface area contributed by atoms with Crippen LogP contribution in [0.1, 0.15) is 34.2 Å². The van der Waals surface area contributed by atoms with Crippen molar-refractivity contribution in [2.75, 3.05) is 13.2 Å². The summed E-state index contributed by atoms with van der Waals surface area (Å²) in [6.07, 6.45) is 1.92. The molecule has 4 heterocycles. The topological polar surface area (TPSA) is 67.0 Å². The molecule has 1 fully saturated rings. The summed E-state index contributed by atoms with van der Waals surface area (Å²) in [7, 11) is 0. The minimum atomic E-state index is -0.135. The van der Waals surface area contributed by atoms with E-state index in [4.69, 9.17) is 4.74 Å². The van der Waals surface area contributed by atoms with Crippen molar-refractivity contribution in [1.82, 2.24) is 15.5 Å². The maximum Gasteiger partial charge on any atom is 0.272 e. The van der Waals surface area contributed by atoms with Crippen LogP contribution in [0.5, 0.6) is 0 Å². The van der Waals surface area contributed by atoms with Crippen molar-refractivity contribution < 1.29 is 9.53 Å². The Morgan fingerprint density at radius 1 is 1.24 bits per heavy atom. The number of nitrogens with one attached hydrogen (secondary N) is 2. The van der Waals surface area contributed by atoms with Crippen LogP contribution in [0.25, 0.3) is 10.6 Å². The maximum absolute atomic E-state index is 12.8. The molecule has 0 aromatic carbocycles. The van der Waals surface area contributed by atoms with Gasteiger partial charge in [-0.15, -0.1) is 22.7 Å². The molecule has 0 unspecified atom stereocenters. The number of nitrogens with zero attached hydrogens (tertiary/aromatic N) is 1. The lowest BCUT2D eigenvalue weighted by atomic mass is 9.90. The standard InChI is InChI=1S/C18H19N3O2S2/c22-18(14-11-13(20-21-14)15-3-1-9-24-15)19-17(16-4-2-10-25-16)12-5-7-23-8-6-12/h1-4,9-12,17H,5-8H2,(H,19,22)(H,20,21)/t17-/m1/s1. The van der Waals surface area contributed by atoms with Crippen LogP contribution in [0.3, 0.4) is 0 Å². The van der Waals surface area contributed by atoms with Crippen molar-refractivity contribution in [2.24, 2.45) is 5.92 Å². The number of aromatic nitrogens is 2. The lowest BCUT2D eigenvalue weighted by molar-refractivity contribution is 0.0517. The lowest BCUT2D eigenvalue weighted by Crippen LogP contribution is -2.35. The molecular weight excluding hydrogens is 354 g/mol. The van der Waals surface area contributed by atoms with E-state index in [1.54, 1.807) is 22.7 Å². The van der Waals surface area contributed by atoms with Crippen molar-refractivity contribution >= 4 is 28.6 Å². The summed E-state index contributed by atoms with van der Waals surface area (Å²) in [4.78, 5) is 15.0. The lowest BCUT2D eigenvalue weighted by Gasteiger charge is -2.30. The van der Waals surface area contributed by atoms with Crippen molar-refractivity contribution in [3.8, 4) is 10.6 Å². The average Bonchev–Trinajstić information content (AvgIpc) is 3.42. The van der Waals surface area contributed by atoms with E-state index in [0.29, 0.717) is 11.6 Å². The number of hydrogen-bond acceptors (Lipinski definition) is 5. The molecule has 0 radical (unpaired) electrons. The summed E-state index contributed by atoms with van der Waals surface area (Å²) in [5.74, 6) is 0.260. The Kier molecular flexibility index (Phi) is 4.96. The van der Waals surface area contributed by atoms with E-state index in [-0.39, 0.29) is 11.9 Å². The van der Waals surface area contributed by atoms with Gasteiger partial charge in [0, 0.05) is 18.1 Å². The normalized spacial score (nSPS) is 16.6. The highest BCUT2D eigenvalue weighted by Gasteiger charge is 2.28. The van der Waals surface area contributed by atoms with Gasteiger partial charge < -0.3 is 10.1 Å². The number of carbonyl (C=O) groups excluding carboxylic acids is 1. The quantitative estimate of drug-likeness (QED) is 0.708. The zero-order valence-corrected chi connectivity index (χ0v) is 15.2. The van der Waals surface area contributed by atoms with Gasteiger partial charge in [-0.25, -0.2) is 0 Å². The zero-order valence-electron chi connectivity index (χ0n) is 13.6. The fourth-order valence-electron chi connectivity index (χ4n) is 3.15. The number of rotatable bonds is 5. The Bertz CT molecular complexity index is 805. The first-order valence-electron chi connectivity index (χ1n) is 8.32. The predicted octanol–water partition coefficient (Wildman–Crippen LogP) is 4.10. The molecule has 1 amide bonds. The van der Waals surface area contributed by atoms with Crippen molar-refractivity contribution in [3.05, 3.63) is 51.7 Å². The Labute approximate surface area is 154 Å². The number of ether oxygens (including phenoxy) is 1. The second kappa shape index (κ2) is 7.51. The smallest absolute Gasteiger partial charge is 0.272 e. The van der Waals surface area contributed by atoms with Crippen LogP contribution in [0, 0.1) is 5.92 Å². The monoisotopic (exact) mass is 373 g/mol. The van der Waals surface area contributed by atoms with Gasteiger partial charge in [-0.2, -0.15) is 5.10 Å². The molecule has 25 heavy (non-hydrogen) atoms. The summed E-state index contributed by atoms with van der Waals surface area (Å²) < 4.78 is 5.48. The summed E-state index contributed by atoms with van der Waals surface area (Å²) in [5, 5.41) is 14.4. The molecule has 3 aromatic rings. The molecule has 5 nitrogen and oxygen atoms in total. The average molecular weight is 374 g/mol. The van der Waals surface area contributed by atoms with Gasteiger partial charge in [-0.3, -0.25) is 9.89 Å². The molecule has 0 aliphatic carbocycles. The minimum Gasteiger partial charge on any atom is -0.381 e. The summed E-state index contributed by atoms with van der Waals surface area (Å²) in [6, 6.07) is 9.94. The fraction of sp³-hybridized carbons (Fsp3) is 0.333. The number of H-pyrrole nitrogens is 1. The molecule has 4 rings (SSSR count). The van der Waals surface area contributed by atoms with Gasteiger partial charge in [0.2, 0.25) is 0 Å². The number of aromatic amines is 1. The molecule has 130 valence electrons. The number of hydrogen-bond donors (Lipinski definition) is 2. The van der Waals surface area contributed by atoms with Gasteiger partial charge in [-0.05, 0) is 47.7 Å². The zero-order chi connectivity index (χ0) is 17.1. The highest BCUT2D eigenvalue weighted by Crippen LogP contribution is 2.33. The maximum atomic E-state index is 12.8. The van der Waals surface area contributed by atoms with Crippen LogP contribution in [0.2, 0.25) is 0 Å². The van der Waals surface area contributed by atoms with Crippen LogP contribution >= 0.6 is 22.7 Å². The third-order valence-electron chi connectivity index (χ3n) is 4.47. The van der Waals surface area contributed by atoms with Gasteiger partial charge in [-0.1, -0.05) is 12.1 Å². The van der Waals surface area contributed by atoms with E-state index in [9.17, 15) is 4.79 Å².